The largest absolute Gasteiger partial charge is 0.493 e. The molecule has 0 aliphatic rings. The molecular formula is C62H68N2O2. The minimum atomic E-state index is 0.496. The van der Waals surface area contributed by atoms with E-state index in [9.17, 15) is 0 Å². The molecule has 4 heteroatoms. The third-order valence-electron chi connectivity index (χ3n) is 12.4. The third kappa shape index (κ3) is 13.2. The van der Waals surface area contributed by atoms with E-state index in [1.165, 1.54) is 38.5 Å². The molecule has 0 bridgehead atoms. The molecule has 0 saturated heterocycles. The summed E-state index contributed by atoms with van der Waals surface area (Å²) in [6.07, 6.45) is 18.1. The molecule has 2 atom stereocenters. The molecule has 7 rings (SSSR count). The Bertz CT molecular complexity index is 2260. The van der Waals surface area contributed by atoms with Crippen molar-refractivity contribution in [1.29, 1.82) is 0 Å². The number of rotatable bonds is 24. The van der Waals surface area contributed by atoms with E-state index in [0.717, 1.165) is 80.7 Å². The van der Waals surface area contributed by atoms with Crippen molar-refractivity contribution in [3.8, 4) is 11.5 Å². The predicted octanol–water partition coefficient (Wildman–Crippen LogP) is 18.2. The first-order valence-corrected chi connectivity index (χ1v) is 24.4. The van der Waals surface area contributed by atoms with Crippen LogP contribution in [0.4, 0.5) is 34.1 Å². The van der Waals surface area contributed by atoms with E-state index in [4.69, 9.17) is 9.47 Å². The molecule has 7 aromatic carbocycles. The lowest BCUT2D eigenvalue weighted by Crippen LogP contribution is -2.13. The van der Waals surface area contributed by atoms with E-state index >= 15 is 0 Å². The predicted molar refractivity (Wildman–Crippen MR) is 284 cm³/mol. The first-order valence-electron chi connectivity index (χ1n) is 24.4. The molecule has 66 heavy (non-hydrogen) atoms. The van der Waals surface area contributed by atoms with Gasteiger partial charge in [0.2, 0.25) is 0 Å². The van der Waals surface area contributed by atoms with Crippen molar-refractivity contribution in [2.75, 3.05) is 23.0 Å². The van der Waals surface area contributed by atoms with Gasteiger partial charge in [-0.15, -0.1) is 0 Å². The number of ether oxygens (including phenoxy) is 2. The summed E-state index contributed by atoms with van der Waals surface area (Å²) >= 11 is 0. The summed E-state index contributed by atoms with van der Waals surface area (Å²) in [6.45, 7) is 10.5. The topological polar surface area (TPSA) is 24.9 Å². The smallest absolute Gasteiger partial charge is 0.127 e. The number of anilines is 6. The van der Waals surface area contributed by atoms with Gasteiger partial charge in [-0.25, -0.2) is 0 Å². The maximum atomic E-state index is 6.85. The molecule has 0 aliphatic carbocycles. The molecule has 0 heterocycles. The van der Waals surface area contributed by atoms with Crippen LogP contribution in [-0.2, 0) is 0 Å². The zero-order valence-corrected chi connectivity index (χ0v) is 39.6. The fraction of sp³-hybridized carbons (Fsp3) is 0.258. The van der Waals surface area contributed by atoms with Crippen molar-refractivity contribution in [1.82, 2.24) is 0 Å². The first kappa shape index (κ1) is 47.2. The quantitative estimate of drug-likeness (QED) is 0.0565. The van der Waals surface area contributed by atoms with E-state index in [0.29, 0.717) is 25.0 Å². The molecule has 0 saturated carbocycles. The average molecular weight is 873 g/mol. The molecule has 0 fully saturated rings. The summed E-state index contributed by atoms with van der Waals surface area (Å²) in [5, 5.41) is 0. The van der Waals surface area contributed by atoms with Crippen LogP contribution in [-0.4, -0.2) is 13.2 Å². The molecular weight excluding hydrogens is 805 g/mol. The van der Waals surface area contributed by atoms with Crippen LogP contribution >= 0.6 is 0 Å². The number of para-hydroxylation sites is 4. The second kappa shape index (κ2) is 25.1. The van der Waals surface area contributed by atoms with Crippen LogP contribution in [0.2, 0.25) is 0 Å². The number of unbranched alkanes of at least 4 members (excludes halogenated alkanes) is 2. The third-order valence-corrected chi connectivity index (χ3v) is 12.4. The number of hydrogen-bond donors (Lipinski definition) is 0. The van der Waals surface area contributed by atoms with Crippen molar-refractivity contribution in [3.05, 3.63) is 204 Å². The summed E-state index contributed by atoms with van der Waals surface area (Å²) in [5.74, 6) is 2.74. The van der Waals surface area contributed by atoms with Crippen molar-refractivity contribution in [3.63, 3.8) is 0 Å². The molecule has 338 valence electrons. The lowest BCUT2D eigenvalue weighted by Gasteiger charge is -2.25. The Morgan fingerprint density at radius 1 is 0.379 bits per heavy atom. The normalized spacial score (nSPS) is 12.3. The molecule has 0 aromatic heterocycles. The summed E-state index contributed by atoms with van der Waals surface area (Å²) in [6, 6.07) is 64.2. The average Bonchev–Trinajstić information content (AvgIpc) is 3.38. The molecule has 2 unspecified atom stereocenters. The Kier molecular flexibility index (Phi) is 17.9. The van der Waals surface area contributed by atoms with E-state index in [1.807, 2.05) is 0 Å². The highest BCUT2D eigenvalue weighted by atomic mass is 16.5. The van der Waals surface area contributed by atoms with Crippen LogP contribution in [0.15, 0.2) is 182 Å². The van der Waals surface area contributed by atoms with Gasteiger partial charge in [-0.2, -0.15) is 0 Å². The van der Waals surface area contributed by atoms with Crippen LogP contribution < -0.4 is 19.3 Å². The Morgan fingerprint density at radius 2 is 0.682 bits per heavy atom. The Morgan fingerprint density at radius 3 is 0.970 bits per heavy atom. The van der Waals surface area contributed by atoms with Crippen LogP contribution in [0.3, 0.4) is 0 Å². The minimum Gasteiger partial charge on any atom is -0.493 e. The second-order valence-electron chi connectivity index (χ2n) is 17.2. The molecule has 0 N–H and O–H groups in total. The monoisotopic (exact) mass is 873 g/mol. The highest BCUT2D eigenvalue weighted by Gasteiger charge is 2.17. The van der Waals surface area contributed by atoms with Crippen LogP contribution in [0.1, 0.15) is 101 Å². The fourth-order valence-electron chi connectivity index (χ4n) is 8.36. The molecule has 0 aliphatic heterocycles. The van der Waals surface area contributed by atoms with Gasteiger partial charge in [-0.05, 0) is 121 Å². The van der Waals surface area contributed by atoms with Crippen LogP contribution in [0.5, 0.6) is 11.5 Å². The van der Waals surface area contributed by atoms with Crippen LogP contribution in [0, 0.1) is 11.8 Å². The summed E-state index contributed by atoms with van der Waals surface area (Å²) < 4.78 is 13.7. The van der Waals surface area contributed by atoms with Gasteiger partial charge >= 0.3 is 0 Å². The molecule has 7 aromatic rings. The van der Waals surface area contributed by atoms with Gasteiger partial charge in [0.25, 0.3) is 0 Å². The van der Waals surface area contributed by atoms with Gasteiger partial charge in [-0.1, -0.05) is 188 Å². The second-order valence-corrected chi connectivity index (χ2v) is 17.2. The number of nitrogens with zero attached hydrogens (tertiary/aromatic N) is 2. The van der Waals surface area contributed by atoms with Gasteiger partial charge in [0.05, 0.1) is 13.2 Å². The van der Waals surface area contributed by atoms with Crippen molar-refractivity contribution >= 4 is 58.4 Å². The van der Waals surface area contributed by atoms with Crippen LogP contribution in [0.25, 0.3) is 24.3 Å². The summed E-state index contributed by atoms with van der Waals surface area (Å²) in [4.78, 5) is 4.58. The Balaban J connectivity index is 1.22. The fourth-order valence-corrected chi connectivity index (χ4v) is 8.36. The SMILES string of the molecule is CCCCC(CC)COc1cc(/C=C/c2ccc(N(c3ccccc3)c3ccccc3)cc2)c(OCC(CC)CCCC)cc1/C=C/c1ccc(N(c2ccccc2)c2ccccc2)cc1. The van der Waals surface area contributed by atoms with Gasteiger partial charge in [0.1, 0.15) is 11.5 Å². The standard InChI is InChI=1S/C62H68N2O2/c1-5-9-23-49(7-3)47-65-61-45-54(40-34-52-37-43-60(44-38-52)64(57-29-19-13-20-30-57)58-31-21-14-22-32-58)62(66-48-50(8-4)24-10-6-2)46-53(61)39-33-51-35-41-59(42-36-51)63(55-25-15-11-16-26-55)56-27-17-12-18-28-56/h11-22,25-46,49-50H,5-10,23-24,47-48H2,1-4H3/b39-33+,40-34+. The van der Waals surface area contributed by atoms with E-state index < -0.39 is 0 Å². The highest BCUT2D eigenvalue weighted by molar-refractivity contribution is 5.82. The van der Waals surface area contributed by atoms with Gasteiger partial charge in [0.15, 0.2) is 0 Å². The molecule has 0 spiro atoms. The first-order chi connectivity index (χ1) is 32.6. The lowest BCUT2D eigenvalue weighted by molar-refractivity contribution is 0.227. The van der Waals surface area contributed by atoms with Crippen molar-refractivity contribution in [2.45, 2.75) is 79.1 Å². The van der Waals surface area contributed by atoms with Crippen molar-refractivity contribution in [2.24, 2.45) is 11.8 Å². The maximum absolute atomic E-state index is 6.85. The molecule has 0 radical (unpaired) electrons. The van der Waals surface area contributed by atoms with E-state index in [1.54, 1.807) is 0 Å². The van der Waals surface area contributed by atoms with Gasteiger partial charge < -0.3 is 19.3 Å². The Labute approximate surface area is 395 Å². The lowest BCUT2D eigenvalue weighted by atomic mass is 10.00. The highest BCUT2D eigenvalue weighted by Crippen LogP contribution is 2.38. The molecule has 4 nitrogen and oxygen atoms in total. The minimum absolute atomic E-state index is 0.496. The van der Waals surface area contributed by atoms with Gasteiger partial charge in [-0.3, -0.25) is 0 Å². The van der Waals surface area contributed by atoms with E-state index in [-0.39, 0.29) is 0 Å². The van der Waals surface area contributed by atoms with Gasteiger partial charge in [0, 0.05) is 45.3 Å². The number of hydrogen-bond acceptors (Lipinski definition) is 4. The van der Waals surface area contributed by atoms with Crippen molar-refractivity contribution < 1.29 is 9.47 Å². The Hall–Kier alpha value is -6.78. The maximum Gasteiger partial charge on any atom is 0.127 e. The zero-order valence-electron chi connectivity index (χ0n) is 39.6. The summed E-state index contributed by atoms with van der Waals surface area (Å²) in [5.41, 5.74) is 10.9. The molecule has 0 amide bonds. The zero-order chi connectivity index (χ0) is 45.8. The number of benzene rings is 7. The van der Waals surface area contributed by atoms with E-state index in [2.05, 4.69) is 244 Å². The summed E-state index contributed by atoms with van der Waals surface area (Å²) in [7, 11) is 0.